The van der Waals surface area contributed by atoms with Gasteiger partial charge in [-0.1, -0.05) is 0 Å². The number of likely N-dealkylation sites (tertiary alicyclic amines) is 1. The second-order valence-electron chi connectivity index (χ2n) is 4.99. The highest BCUT2D eigenvalue weighted by atomic mass is 79.9. The van der Waals surface area contributed by atoms with Crippen LogP contribution in [0.2, 0.25) is 0 Å². The van der Waals surface area contributed by atoms with Crippen molar-refractivity contribution in [1.82, 2.24) is 9.47 Å². The molecule has 1 fully saturated rings. The summed E-state index contributed by atoms with van der Waals surface area (Å²) in [6, 6.07) is 2.05. The van der Waals surface area contributed by atoms with E-state index in [0.717, 1.165) is 36.2 Å². The van der Waals surface area contributed by atoms with E-state index < -0.39 is 0 Å². The van der Waals surface area contributed by atoms with Crippen molar-refractivity contribution in [2.24, 2.45) is 11.7 Å². The lowest BCUT2D eigenvalue weighted by Crippen LogP contribution is -2.33. The molecule has 6 heteroatoms. The number of rotatable bonds is 3. The first-order valence-electron chi connectivity index (χ1n) is 6.43. The SMILES string of the molecule is CCn1cc(Br)cc1C(=O)N1CCC(C(C)N)C1.Cl. The second-order valence-corrected chi connectivity index (χ2v) is 5.90. The van der Waals surface area contributed by atoms with Gasteiger partial charge in [-0.25, -0.2) is 0 Å². The van der Waals surface area contributed by atoms with Gasteiger partial charge in [-0.2, -0.15) is 0 Å². The topological polar surface area (TPSA) is 51.3 Å². The monoisotopic (exact) mass is 349 g/mol. The normalized spacial score (nSPS) is 20.2. The van der Waals surface area contributed by atoms with Gasteiger partial charge < -0.3 is 15.2 Å². The summed E-state index contributed by atoms with van der Waals surface area (Å²) in [4.78, 5) is 14.4. The van der Waals surface area contributed by atoms with E-state index in [1.165, 1.54) is 0 Å². The van der Waals surface area contributed by atoms with Crippen LogP contribution in [0.5, 0.6) is 0 Å². The molecule has 1 aromatic rings. The molecule has 1 aromatic heterocycles. The van der Waals surface area contributed by atoms with E-state index in [9.17, 15) is 4.79 Å². The van der Waals surface area contributed by atoms with Crippen LogP contribution in [0, 0.1) is 5.92 Å². The van der Waals surface area contributed by atoms with Crippen molar-refractivity contribution in [1.29, 1.82) is 0 Å². The van der Waals surface area contributed by atoms with Gasteiger partial charge >= 0.3 is 0 Å². The van der Waals surface area contributed by atoms with Gasteiger partial charge in [-0.05, 0) is 48.2 Å². The van der Waals surface area contributed by atoms with Crippen LogP contribution in [0.1, 0.15) is 30.8 Å². The first kappa shape index (κ1) is 16.5. The molecule has 19 heavy (non-hydrogen) atoms. The van der Waals surface area contributed by atoms with Crippen molar-refractivity contribution in [2.75, 3.05) is 13.1 Å². The molecule has 2 rings (SSSR count). The fourth-order valence-electron chi connectivity index (χ4n) is 2.48. The molecule has 108 valence electrons. The minimum atomic E-state index is 0. The van der Waals surface area contributed by atoms with E-state index in [-0.39, 0.29) is 24.4 Å². The van der Waals surface area contributed by atoms with Crippen LogP contribution in [0.3, 0.4) is 0 Å². The van der Waals surface area contributed by atoms with E-state index >= 15 is 0 Å². The van der Waals surface area contributed by atoms with Crippen molar-refractivity contribution < 1.29 is 4.79 Å². The molecule has 0 spiro atoms. The first-order valence-corrected chi connectivity index (χ1v) is 7.22. The third-order valence-electron chi connectivity index (χ3n) is 3.68. The van der Waals surface area contributed by atoms with E-state index in [0.29, 0.717) is 5.92 Å². The average molecular weight is 351 g/mol. The van der Waals surface area contributed by atoms with Crippen LogP contribution in [0.15, 0.2) is 16.7 Å². The molecule has 1 amide bonds. The molecule has 1 aliphatic heterocycles. The van der Waals surface area contributed by atoms with E-state index in [1.807, 2.05) is 35.6 Å². The lowest BCUT2D eigenvalue weighted by Gasteiger charge is -2.18. The van der Waals surface area contributed by atoms with Crippen molar-refractivity contribution >= 4 is 34.2 Å². The zero-order valence-corrected chi connectivity index (χ0v) is 13.7. The predicted octanol–water partition coefficient (Wildman–Crippen LogP) is 2.50. The van der Waals surface area contributed by atoms with Gasteiger partial charge in [-0.15, -0.1) is 12.4 Å². The number of halogens is 2. The number of aryl methyl sites for hydroxylation is 1. The number of hydrogen-bond acceptors (Lipinski definition) is 2. The summed E-state index contributed by atoms with van der Waals surface area (Å²) >= 11 is 3.42. The Bertz CT molecular complexity index is 447. The van der Waals surface area contributed by atoms with Crippen LogP contribution < -0.4 is 5.73 Å². The molecular formula is C13H21BrClN3O. The Balaban J connectivity index is 0.00000180. The standard InChI is InChI=1S/C13H20BrN3O.ClH/c1-3-16-8-11(14)6-12(16)13(18)17-5-4-10(7-17)9(2)15;/h6,8-10H,3-5,7,15H2,1-2H3;1H. The number of carbonyl (C=O) groups is 1. The molecule has 0 bridgehead atoms. The van der Waals surface area contributed by atoms with Gasteiger partial charge in [0, 0.05) is 36.3 Å². The lowest BCUT2D eigenvalue weighted by atomic mass is 10.0. The molecule has 2 unspecified atom stereocenters. The number of aromatic nitrogens is 1. The van der Waals surface area contributed by atoms with Crippen LogP contribution in [-0.2, 0) is 6.54 Å². The highest BCUT2D eigenvalue weighted by molar-refractivity contribution is 9.10. The Morgan fingerprint density at radius 3 is 2.84 bits per heavy atom. The second kappa shape index (κ2) is 6.77. The zero-order valence-electron chi connectivity index (χ0n) is 11.3. The fraction of sp³-hybridized carbons (Fsp3) is 0.615. The number of hydrogen-bond donors (Lipinski definition) is 1. The van der Waals surface area contributed by atoms with E-state index in [2.05, 4.69) is 15.9 Å². The van der Waals surface area contributed by atoms with Gasteiger partial charge in [0.05, 0.1) is 0 Å². The molecule has 0 aliphatic carbocycles. The van der Waals surface area contributed by atoms with E-state index in [1.54, 1.807) is 0 Å². The summed E-state index contributed by atoms with van der Waals surface area (Å²) in [6.45, 7) is 6.46. The van der Waals surface area contributed by atoms with Gasteiger partial charge in [0.25, 0.3) is 5.91 Å². The molecule has 2 heterocycles. The molecule has 1 saturated heterocycles. The van der Waals surface area contributed by atoms with Gasteiger partial charge in [-0.3, -0.25) is 4.79 Å². The number of nitrogens with two attached hydrogens (primary N) is 1. The minimum Gasteiger partial charge on any atom is -0.343 e. The first-order chi connectivity index (χ1) is 8.52. The Hall–Kier alpha value is -0.520. The molecule has 0 saturated carbocycles. The maximum absolute atomic E-state index is 12.5. The molecule has 1 aliphatic rings. The average Bonchev–Trinajstić information content (AvgIpc) is 2.94. The van der Waals surface area contributed by atoms with Gasteiger partial charge in [0.1, 0.15) is 5.69 Å². The maximum Gasteiger partial charge on any atom is 0.270 e. The smallest absolute Gasteiger partial charge is 0.270 e. The summed E-state index contributed by atoms with van der Waals surface area (Å²) < 4.78 is 2.93. The highest BCUT2D eigenvalue weighted by Gasteiger charge is 2.30. The Morgan fingerprint density at radius 2 is 2.32 bits per heavy atom. The Kier molecular flexibility index (Phi) is 5.89. The minimum absolute atomic E-state index is 0. The van der Waals surface area contributed by atoms with Crippen molar-refractivity contribution in [3.8, 4) is 0 Å². The number of nitrogens with zero attached hydrogens (tertiary/aromatic N) is 2. The summed E-state index contributed by atoms with van der Waals surface area (Å²) in [5.74, 6) is 0.549. The predicted molar refractivity (Wildman–Crippen MR) is 82.7 cm³/mol. The summed E-state index contributed by atoms with van der Waals surface area (Å²) in [5.41, 5.74) is 6.67. The zero-order chi connectivity index (χ0) is 13.3. The molecule has 2 N–H and O–H groups in total. The van der Waals surface area contributed by atoms with Crippen LogP contribution >= 0.6 is 28.3 Å². The summed E-state index contributed by atoms with van der Waals surface area (Å²) in [6.07, 6.45) is 2.96. The van der Waals surface area contributed by atoms with Crippen molar-refractivity contribution in [3.05, 3.63) is 22.4 Å². The van der Waals surface area contributed by atoms with Crippen LogP contribution in [0.25, 0.3) is 0 Å². The number of carbonyl (C=O) groups excluding carboxylic acids is 1. The third kappa shape index (κ3) is 3.52. The Morgan fingerprint density at radius 1 is 1.63 bits per heavy atom. The quantitative estimate of drug-likeness (QED) is 0.910. The molecule has 0 radical (unpaired) electrons. The molecule has 2 atom stereocenters. The van der Waals surface area contributed by atoms with Gasteiger partial charge in [0.2, 0.25) is 0 Å². The lowest BCUT2D eigenvalue weighted by molar-refractivity contribution is 0.0775. The molecule has 0 aromatic carbocycles. The van der Waals surface area contributed by atoms with Crippen molar-refractivity contribution in [2.45, 2.75) is 32.9 Å². The maximum atomic E-state index is 12.5. The molecular weight excluding hydrogens is 330 g/mol. The third-order valence-corrected chi connectivity index (χ3v) is 4.11. The highest BCUT2D eigenvalue weighted by Crippen LogP contribution is 2.23. The fourth-order valence-corrected chi connectivity index (χ4v) is 2.94. The number of amides is 1. The molecule has 4 nitrogen and oxygen atoms in total. The van der Waals surface area contributed by atoms with Crippen LogP contribution in [0.4, 0.5) is 0 Å². The van der Waals surface area contributed by atoms with Gasteiger partial charge in [0.15, 0.2) is 0 Å². The Labute approximate surface area is 128 Å². The van der Waals surface area contributed by atoms with Crippen LogP contribution in [-0.4, -0.2) is 34.5 Å². The summed E-state index contributed by atoms with van der Waals surface area (Å²) in [5, 5.41) is 0. The van der Waals surface area contributed by atoms with E-state index in [4.69, 9.17) is 5.73 Å². The summed E-state index contributed by atoms with van der Waals surface area (Å²) in [7, 11) is 0. The van der Waals surface area contributed by atoms with Crippen molar-refractivity contribution in [3.63, 3.8) is 0 Å². The largest absolute Gasteiger partial charge is 0.343 e.